The number of benzene rings is 2. The fraction of sp³-hybridized carbons (Fsp3) is 0.333. The molecule has 0 saturated carbocycles. The number of phenols is 2. The Hall–Kier alpha value is -2.00. The van der Waals surface area contributed by atoms with Crippen molar-refractivity contribution < 1.29 is 10.2 Å². The number of rotatable bonds is 6. The third kappa shape index (κ3) is 3.76. The first-order chi connectivity index (χ1) is 10.1. The fourth-order valence-electron chi connectivity index (χ4n) is 2.69. The van der Waals surface area contributed by atoms with Gasteiger partial charge in [0.15, 0.2) is 0 Å². The second kappa shape index (κ2) is 7.14. The summed E-state index contributed by atoms with van der Waals surface area (Å²) < 4.78 is 0. The van der Waals surface area contributed by atoms with Crippen LogP contribution in [0.25, 0.3) is 0 Å². The lowest BCUT2D eigenvalue weighted by Crippen LogP contribution is -2.24. The maximum atomic E-state index is 9.98. The predicted molar refractivity (Wildman–Crippen MR) is 85.4 cm³/mol. The molecule has 0 bridgehead atoms. The van der Waals surface area contributed by atoms with Gasteiger partial charge in [0.2, 0.25) is 0 Å². The molecule has 0 heterocycles. The highest BCUT2D eigenvalue weighted by atomic mass is 16.3. The molecule has 2 aromatic rings. The highest BCUT2D eigenvalue weighted by Crippen LogP contribution is 2.34. The highest BCUT2D eigenvalue weighted by Gasteiger charge is 2.19. The Morgan fingerprint density at radius 1 is 0.952 bits per heavy atom. The van der Waals surface area contributed by atoms with E-state index in [0.717, 1.165) is 12.8 Å². The van der Waals surface area contributed by atoms with Gasteiger partial charge in [0, 0.05) is 12.1 Å². The second-order valence-electron chi connectivity index (χ2n) is 5.35. The van der Waals surface area contributed by atoms with E-state index in [9.17, 15) is 10.2 Å². The summed E-state index contributed by atoms with van der Waals surface area (Å²) in [5, 5.41) is 23.5. The average molecular weight is 285 g/mol. The summed E-state index contributed by atoms with van der Waals surface area (Å²) in [6, 6.07) is 15.2. The molecule has 0 saturated heterocycles. The summed E-state index contributed by atoms with van der Waals surface area (Å²) in [4.78, 5) is 0. The van der Waals surface area contributed by atoms with Crippen molar-refractivity contribution in [2.24, 2.45) is 0 Å². The van der Waals surface area contributed by atoms with Crippen molar-refractivity contribution in [3.05, 3.63) is 59.7 Å². The highest BCUT2D eigenvalue weighted by molar-refractivity contribution is 5.45. The maximum absolute atomic E-state index is 9.98. The number of hydrogen-bond donors (Lipinski definition) is 3. The van der Waals surface area contributed by atoms with Crippen molar-refractivity contribution in [1.29, 1.82) is 0 Å². The SMILES string of the molecule is CCCC(NC(C)c1c(O)cccc1O)c1ccccc1. The van der Waals surface area contributed by atoms with E-state index in [0.29, 0.717) is 5.56 Å². The minimum atomic E-state index is -0.136. The lowest BCUT2D eigenvalue weighted by atomic mass is 9.99. The van der Waals surface area contributed by atoms with Crippen molar-refractivity contribution in [3.63, 3.8) is 0 Å². The Balaban J connectivity index is 2.21. The van der Waals surface area contributed by atoms with Gasteiger partial charge >= 0.3 is 0 Å². The zero-order chi connectivity index (χ0) is 15.2. The first kappa shape index (κ1) is 15.4. The van der Waals surface area contributed by atoms with Crippen LogP contribution in [0.15, 0.2) is 48.5 Å². The molecule has 0 aliphatic rings. The molecule has 21 heavy (non-hydrogen) atoms. The van der Waals surface area contributed by atoms with Crippen molar-refractivity contribution >= 4 is 0 Å². The zero-order valence-corrected chi connectivity index (χ0v) is 12.6. The fourth-order valence-corrected chi connectivity index (χ4v) is 2.69. The third-order valence-corrected chi connectivity index (χ3v) is 3.72. The predicted octanol–water partition coefficient (Wildman–Crippen LogP) is 4.29. The molecule has 2 unspecified atom stereocenters. The van der Waals surface area contributed by atoms with E-state index in [1.807, 2.05) is 25.1 Å². The molecule has 3 N–H and O–H groups in total. The molecule has 3 nitrogen and oxygen atoms in total. The van der Waals surface area contributed by atoms with Crippen LogP contribution in [0.2, 0.25) is 0 Å². The second-order valence-corrected chi connectivity index (χ2v) is 5.35. The van der Waals surface area contributed by atoms with E-state index in [2.05, 4.69) is 24.4 Å². The molecule has 0 aliphatic heterocycles. The van der Waals surface area contributed by atoms with Crippen LogP contribution in [0.5, 0.6) is 11.5 Å². The van der Waals surface area contributed by atoms with Crippen molar-refractivity contribution in [2.45, 2.75) is 38.8 Å². The molecular weight excluding hydrogens is 262 g/mol. The minimum absolute atomic E-state index is 0.123. The van der Waals surface area contributed by atoms with Crippen LogP contribution in [0.4, 0.5) is 0 Å². The molecule has 112 valence electrons. The van der Waals surface area contributed by atoms with Gasteiger partial charge in [0.1, 0.15) is 11.5 Å². The van der Waals surface area contributed by atoms with E-state index in [-0.39, 0.29) is 23.6 Å². The Kier molecular flexibility index (Phi) is 5.23. The molecule has 2 atom stereocenters. The molecule has 2 rings (SSSR count). The first-order valence-electron chi connectivity index (χ1n) is 7.45. The minimum Gasteiger partial charge on any atom is -0.507 e. The van der Waals surface area contributed by atoms with E-state index in [1.54, 1.807) is 18.2 Å². The van der Waals surface area contributed by atoms with Gasteiger partial charge in [0.25, 0.3) is 0 Å². The lowest BCUT2D eigenvalue weighted by Gasteiger charge is -2.25. The summed E-state index contributed by atoms with van der Waals surface area (Å²) in [6.07, 6.45) is 2.06. The van der Waals surface area contributed by atoms with Gasteiger partial charge in [-0.3, -0.25) is 0 Å². The zero-order valence-electron chi connectivity index (χ0n) is 12.6. The number of phenolic OH excluding ortho intramolecular Hbond substituents is 2. The van der Waals surface area contributed by atoms with Crippen LogP contribution in [0.3, 0.4) is 0 Å². The van der Waals surface area contributed by atoms with Gasteiger partial charge in [-0.2, -0.15) is 0 Å². The third-order valence-electron chi connectivity index (χ3n) is 3.72. The Labute approximate surface area is 126 Å². The normalized spacial score (nSPS) is 13.8. The Morgan fingerprint density at radius 3 is 2.14 bits per heavy atom. The van der Waals surface area contributed by atoms with E-state index >= 15 is 0 Å². The largest absolute Gasteiger partial charge is 0.507 e. The summed E-state index contributed by atoms with van der Waals surface area (Å²) in [7, 11) is 0. The van der Waals surface area contributed by atoms with Crippen LogP contribution in [0.1, 0.15) is 49.9 Å². The molecule has 0 aliphatic carbocycles. The summed E-state index contributed by atoms with van der Waals surface area (Å²) in [5.74, 6) is 0.247. The molecule has 3 heteroatoms. The standard InChI is InChI=1S/C18H23NO2/c1-3-8-15(14-9-5-4-6-10-14)19-13(2)18-16(20)11-7-12-17(18)21/h4-7,9-13,15,19-21H,3,8H2,1-2H3. The van der Waals surface area contributed by atoms with Crippen LogP contribution in [-0.2, 0) is 0 Å². The maximum Gasteiger partial charge on any atom is 0.124 e. The smallest absolute Gasteiger partial charge is 0.124 e. The number of hydrogen-bond acceptors (Lipinski definition) is 3. The van der Waals surface area contributed by atoms with Gasteiger partial charge in [-0.1, -0.05) is 49.7 Å². The van der Waals surface area contributed by atoms with E-state index in [4.69, 9.17) is 0 Å². The monoisotopic (exact) mass is 285 g/mol. The topological polar surface area (TPSA) is 52.5 Å². The van der Waals surface area contributed by atoms with Crippen LogP contribution >= 0.6 is 0 Å². The van der Waals surface area contributed by atoms with E-state index < -0.39 is 0 Å². The van der Waals surface area contributed by atoms with Crippen LogP contribution in [-0.4, -0.2) is 10.2 Å². The van der Waals surface area contributed by atoms with Crippen LogP contribution in [0, 0.1) is 0 Å². The molecule has 0 radical (unpaired) electrons. The van der Waals surface area contributed by atoms with Crippen LogP contribution < -0.4 is 5.32 Å². The van der Waals surface area contributed by atoms with E-state index in [1.165, 1.54) is 5.56 Å². The molecule has 0 aromatic heterocycles. The Bertz CT molecular complexity index is 548. The molecule has 0 amide bonds. The van der Waals surface area contributed by atoms with Crippen molar-refractivity contribution in [3.8, 4) is 11.5 Å². The summed E-state index contributed by atoms with van der Waals surface area (Å²) in [5.41, 5.74) is 1.77. The molecule has 0 fully saturated rings. The molecule has 2 aromatic carbocycles. The quantitative estimate of drug-likeness (QED) is 0.742. The van der Waals surface area contributed by atoms with Gasteiger partial charge in [-0.05, 0) is 31.0 Å². The summed E-state index contributed by atoms with van der Waals surface area (Å²) in [6.45, 7) is 4.11. The van der Waals surface area contributed by atoms with Crippen molar-refractivity contribution in [1.82, 2.24) is 5.32 Å². The lowest BCUT2D eigenvalue weighted by molar-refractivity contribution is 0.392. The van der Waals surface area contributed by atoms with Gasteiger partial charge in [0.05, 0.1) is 5.56 Å². The van der Waals surface area contributed by atoms with Gasteiger partial charge in [-0.25, -0.2) is 0 Å². The Morgan fingerprint density at radius 2 is 1.57 bits per heavy atom. The number of aromatic hydroxyl groups is 2. The van der Waals surface area contributed by atoms with Crippen molar-refractivity contribution in [2.75, 3.05) is 0 Å². The number of nitrogens with one attached hydrogen (secondary N) is 1. The van der Waals surface area contributed by atoms with Gasteiger partial charge in [-0.15, -0.1) is 0 Å². The van der Waals surface area contributed by atoms with Gasteiger partial charge < -0.3 is 15.5 Å². The summed E-state index contributed by atoms with van der Waals surface area (Å²) >= 11 is 0. The average Bonchev–Trinajstić information content (AvgIpc) is 2.47. The molecular formula is C18H23NO2. The first-order valence-corrected chi connectivity index (χ1v) is 7.45. The molecule has 0 spiro atoms.